The first-order valence-electron chi connectivity index (χ1n) is 10.0. The summed E-state index contributed by atoms with van der Waals surface area (Å²) in [6.07, 6.45) is 6.70. The lowest BCUT2D eigenvalue weighted by Crippen LogP contribution is -2.21. The number of carbonyl (C=O) groups is 1. The summed E-state index contributed by atoms with van der Waals surface area (Å²) in [6, 6.07) is 25.8. The molecule has 0 radical (unpaired) electrons. The monoisotopic (exact) mass is 412 g/mol. The highest BCUT2D eigenvalue weighted by molar-refractivity contribution is 8.08. The minimum absolute atomic E-state index is 0.0562. The molecule has 0 unspecified atom stereocenters. The summed E-state index contributed by atoms with van der Waals surface area (Å²) in [5.41, 5.74) is 4.18. The van der Waals surface area contributed by atoms with E-state index in [-0.39, 0.29) is 11.4 Å². The first kappa shape index (κ1) is 20.2. The first-order chi connectivity index (χ1) is 14.5. The van der Waals surface area contributed by atoms with Crippen LogP contribution < -0.4 is 0 Å². The van der Waals surface area contributed by atoms with Crippen LogP contribution in [0, 0.1) is 0 Å². The smallest absolute Gasteiger partial charge is 0.342 e. The van der Waals surface area contributed by atoms with Crippen molar-refractivity contribution in [2.24, 2.45) is 0 Å². The number of fused-ring (bicyclic) bond motifs is 1. The van der Waals surface area contributed by atoms with Gasteiger partial charge in [-0.2, -0.15) is 0 Å². The molecule has 2 nitrogen and oxygen atoms in total. The SMILES string of the molecule is CC1(C)CC=C(Sc2ccccc2)c2c(/C=C/OC(=O)c3ccccc3)cccc21. The number of benzene rings is 3. The molecule has 0 spiro atoms. The van der Waals surface area contributed by atoms with Gasteiger partial charge < -0.3 is 4.74 Å². The Balaban J connectivity index is 1.64. The Morgan fingerprint density at radius 2 is 1.63 bits per heavy atom. The molecule has 3 aromatic rings. The zero-order valence-corrected chi connectivity index (χ0v) is 18.0. The molecule has 0 aliphatic heterocycles. The Bertz CT molecular complexity index is 1100. The summed E-state index contributed by atoms with van der Waals surface area (Å²) < 4.78 is 5.38. The zero-order valence-electron chi connectivity index (χ0n) is 17.2. The van der Waals surface area contributed by atoms with Crippen LogP contribution in [0.25, 0.3) is 11.0 Å². The van der Waals surface area contributed by atoms with E-state index >= 15 is 0 Å². The molecule has 0 amide bonds. The molecule has 0 fully saturated rings. The Morgan fingerprint density at radius 1 is 0.933 bits per heavy atom. The van der Waals surface area contributed by atoms with E-state index in [0.29, 0.717) is 5.56 Å². The van der Waals surface area contributed by atoms with Gasteiger partial charge >= 0.3 is 5.97 Å². The van der Waals surface area contributed by atoms with Gasteiger partial charge in [0.2, 0.25) is 0 Å². The first-order valence-corrected chi connectivity index (χ1v) is 10.9. The van der Waals surface area contributed by atoms with Crippen LogP contribution in [0.1, 0.15) is 47.3 Å². The van der Waals surface area contributed by atoms with Crippen molar-refractivity contribution in [1.82, 2.24) is 0 Å². The number of esters is 1. The molecular weight excluding hydrogens is 388 g/mol. The Kier molecular flexibility index (Phi) is 5.91. The molecule has 0 N–H and O–H groups in total. The second kappa shape index (κ2) is 8.76. The van der Waals surface area contributed by atoms with Crippen molar-refractivity contribution in [2.75, 3.05) is 0 Å². The average molecular weight is 413 g/mol. The molecule has 4 rings (SSSR count). The van der Waals surface area contributed by atoms with Gasteiger partial charge in [0.15, 0.2) is 0 Å². The normalized spacial score (nSPS) is 14.8. The molecule has 1 aliphatic carbocycles. The highest BCUT2D eigenvalue weighted by atomic mass is 32.2. The van der Waals surface area contributed by atoms with Crippen molar-refractivity contribution in [2.45, 2.75) is 30.6 Å². The van der Waals surface area contributed by atoms with E-state index in [4.69, 9.17) is 4.74 Å². The van der Waals surface area contributed by atoms with E-state index < -0.39 is 0 Å². The number of hydrogen-bond acceptors (Lipinski definition) is 3. The average Bonchev–Trinajstić information content (AvgIpc) is 2.77. The van der Waals surface area contributed by atoms with Crippen LogP contribution in [0.15, 0.2) is 96.1 Å². The van der Waals surface area contributed by atoms with Crippen LogP contribution in [0.3, 0.4) is 0 Å². The Morgan fingerprint density at radius 3 is 2.37 bits per heavy atom. The van der Waals surface area contributed by atoms with Crippen molar-refractivity contribution in [3.05, 3.63) is 113 Å². The van der Waals surface area contributed by atoms with Crippen LogP contribution in [0.5, 0.6) is 0 Å². The molecule has 30 heavy (non-hydrogen) atoms. The van der Waals surface area contributed by atoms with Crippen LogP contribution in [-0.2, 0) is 10.2 Å². The Hall–Kier alpha value is -3.04. The standard InChI is InChI=1S/C27H24O2S/c1-27(2)18-16-24(30-22-13-7-4-8-14-22)25-20(12-9-15-23(25)27)17-19-29-26(28)21-10-5-3-6-11-21/h3-17,19H,18H2,1-2H3/b19-17+. The fraction of sp³-hybridized carbons (Fsp3) is 0.148. The van der Waals surface area contributed by atoms with E-state index in [0.717, 1.165) is 12.0 Å². The van der Waals surface area contributed by atoms with E-state index in [9.17, 15) is 4.79 Å². The minimum Gasteiger partial charge on any atom is -0.431 e. The number of allylic oxidation sites excluding steroid dienone is 1. The molecular formula is C27H24O2S. The van der Waals surface area contributed by atoms with Crippen molar-refractivity contribution in [1.29, 1.82) is 0 Å². The van der Waals surface area contributed by atoms with Gasteiger partial charge in [0, 0.05) is 9.80 Å². The lowest BCUT2D eigenvalue weighted by atomic mass is 9.74. The molecule has 0 atom stereocenters. The third-order valence-electron chi connectivity index (χ3n) is 5.27. The van der Waals surface area contributed by atoms with Gasteiger partial charge in [-0.25, -0.2) is 4.79 Å². The van der Waals surface area contributed by atoms with Crippen LogP contribution in [0.2, 0.25) is 0 Å². The van der Waals surface area contributed by atoms with E-state index in [1.165, 1.54) is 27.2 Å². The highest BCUT2D eigenvalue weighted by Crippen LogP contribution is 2.46. The minimum atomic E-state index is -0.355. The van der Waals surface area contributed by atoms with E-state index in [2.05, 4.69) is 62.4 Å². The van der Waals surface area contributed by atoms with Crippen LogP contribution in [0.4, 0.5) is 0 Å². The number of thioether (sulfide) groups is 1. The number of hydrogen-bond donors (Lipinski definition) is 0. The summed E-state index contributed by atoms with van der Waals surface area (Å²) in [6.45, 7) is 4.55. The van der Waals surface area contributed by atoms with Crippen molar-refractivity contribution >= 4 is 28.7 Å². The fourth-order valence-electron chi connectivity index (χ4n) is 3.63. The summed E-state index contributed by atoms with van der Waals surface area (Å²) in [7, 11) is 0. The van der Waals surface area contributed by atoms with Crippen LogP contribution in [-0.4, -0.2) is 5.97 Å². The predicted molar refractivity (Wildman–Crippen MR) is 125 cm³/mol. The predicted octanol–water partition coefficient (Wildman–Crippen LogP) is 7.33. The molecule has 150 valence electrons. The van der Waals surface area contributed by atoms with E-state index in [1.807, 2.05) is 30.3 Å². The van der Waals surface area contributed by atoms with Gasteiger partial charge in [-0.15, -0.1) is 0 Å². The number of ether oxygens (including phenoxy) is 1. The fourth-order valence-corrected chi connectivity index (χ4v) is 4.67. The summed E-state index contributed by atoms with van der Waals surface area (Å²) in [5.74, 6) is -0.355. The third kappa shape index (κ3) is 4.42. The second-order valence-corrected chi connectivity index (χ2v) is 9.03. The number of carbonyl (C=O) groups excluding carboxylic acids is 1. The molecule has 0 aromatic heterocycles. The molecule has 3 aromatic carbocycles. The van der Waals surface area contributed by atoms with Crippen LogP contribution >= 0.6 is 11.8 Å². The van der Waals surface area contributed by atoms with Gasteiger partial charge in [-0.05, 0) is 58.9 Å². The van der Waals surface area contributed by atoms with Gasteiger partial charge in [0.1, 0.15) is 0 Å². The maximum Gasteiger partial charge on any atom is 0.342 e. The molecule has 0 saturated heterocycles. The topological polar surface area (TPSA) is 26.3 Å². The summed E-state index contributed by atoms with van der Waals surface area (Å²) >= 11 is 1.78. The summed E-state index contributed by atoms with van der Waals surface area (Å²) in [4.78, 5) is 14.7. The molecule has 0 saturated carbocycles. The van der Waals surface area contributed by atoms with Crippen molar-refractivity contribution in [3.63, 3.8) is 0 Å². The van der Waals surface area contributed by atoms with Crippen molar-refractivity contribution < 1.29 is 9.53 Å². The quantitative estimate of drug-likeness (QED) is 0.324. The summed E-state index contributed by atoms with van der Waals surface area (Å²) in [5, 5.41) is 0. The number of rotatable bonds is 5. The highest BCUT2D eigenvalue weighted by Gasteiger charge is 2.29. The van der Waals surface area contributed by atoms with Gasteiger partial charge in [-0.3, -0.25) is 0 Å². The molecule has 3 heteroatoms. The Labute approximate surface area is 182 Å². The largest absolute Gasteiger partial charge is 0.431 e. The van der Waals surface area contributed by atoms with E-state index in [1.54, 1.807) is 23.9 Å². The van der Waals surface area contributed by atoms with Gasteiger partial charge in [0.25, 0.3) is 0 Å². The maximum absolute atomic E-state index is 12.2. The lowest BCUT2D eigenvalue weighted by Gasteiger charge is -2.33. The van der Waals surface area contributed by atoms with Gasteiger partial charge in [0.05, 0.1) is 11.8 Å². The van der Waals surface area contributed by atoms with Gasteiger partial charge in [-0.1, -0.05) is 86.3 Å². The lowest BCUT2D eigenvalue weighted by molar-refractivity contribution is 0.0665. The van der Waals surface area contributed by atoms with Crippen molar-refractivity contribution in [3.8, 4) is 0 Å². The third-order valence-corrected chi connectivity index (χ3v) is 6.37. The second-order valence-electron chi connectivity index (χ2n) is 7.92. The molecule has 0 heterocycles. The maximum atomic E-state index is 12.2. The zero-order chi connectivity index (χ0) is 21.0. The molecule has 0 bridgehead atoms. The molecule has 1 aliphatic rings.